The highest BCUT2D eigenvalue weighted by atomic mass is 79.9. The number of hydrogen-bond donors (Lipinski definition) is 0. The fourth-order valence-electron chi connectivity index (χ4n) is 2.96. The van der Waals surface area contributed by atoms with Gasteiger partial charge in [0.15, 0.2) is 6.10 Å². The lowest BCUT2D eigenvalue weighted by molar-refractivity contribution is 0.0825. The third-order valence-electron chi connectivity index (χ3n) is 4.08. The van der Waals surface area contributed by atoms with Crippen LogP contribution < -0.4 is 4.74 Å². The lowest BCUT2D eigenvalue weighted by Crippen LogP contribution is -2.25. The lowest BCUT2D eigenvalue weighted by Gasteiger charge is -2.09. The number of Topliss-reactive ketones (excluding diaryl/α,β-unsaturated/α-hetero) is 1. The average molecular weight is 353 g/mol. The van der Waals surface area contributed by atoms with E-state index in [0.717, 1.165) is 15.8 Å². The fourth-order valence-corrected chi connectivity index (χ4v) is 3.23. The van der Waals surface area contributed by atoms with Crippen LogP contribution in [0.15, 0.2) is 65.1 Å². The summed E-state index contributed by atoms with van der Waals surface area (Å²) in [5, 5.41) is 2.35. The third-order valence-corrected chi connectivity index (χ3v) is 4.61. The number of hydrogen-bond acceptors (Lipinski definition) is 2. The number of carbonyl (C=O) groups excluding carboxylic acids is 1. The van der Waals surface area contributed by atoms with E-state index in [2.05, 4.69) is 28.1 Å². The molecule has 4 rings (SSSR count). The summed E-state index contributed by atoms with van der Waals surface area (Å²) in [6.07, 6.45) is 0.202. The van der Waals surface area contributed by atoms with Crippen LogP contribution in [-0.4, -0.2) is 11.9 Å². The van der Waals surface area contributed by atoms with Crippen molar-refractivity contribution in [1.82, 2.24) is 0 Å². The Morgan fingerprint density at radius 2 is 1.77 bits per heavy atom. The molecule has 1 aliphatic rings. The highest BCUT2D eigenvalue weighted by Gasteiger charge is 2.30. The maximum absolute atomic E-state index is 12.6. The van der Waals surface area contributed by atoms with Gasteiger partial charge in [-0.15, -0.1) is 0 Å². The van der Waals surface area contributed by atoms with Crippen LogP contribution in [0.25, 0.3) is 10.8 Å². The number of carbonyl (C=O) groups is 1. The summed E-state index contributed by atoms with van der Waals surface area (Å²) in [6, 6.07) is 19.6. The lowest BCUT2D eigenvalue weighted by atomic mass is 9.98. The second-order valence-corrected chi connectivity index (χ2v) is 6.36. The minimum Gasteiger partial charge on any atom is -0.482 e. The maximum atomic E-state index is 12.6. The Hall–Kier alpha value is -2.13. The highest BCUT2D eigenvalue weighted by molar-refractivity contribution is 9.10. The van der Waals surface area contributed by atoms with Gasteiger partial charge in [0.25, 0.3) is 0 Å². The Balaban J connectivity index is 1.68. The Kier molecular flexibility index (Phi) is 3.23. The van der Waals surface area contributed by atoms with Gasteiger partial charge < -0.3 is 4.74 Å². The zero-order chi connectivity index (χ0) is 15.1. The Bertz CT molecular complexity index is 868. The molecule has 0 fully saturated rings. The molecule has 108 valence electrons. The highest BCUT2D eigenvalue weighted by Crippen LogP contribution is 2.35. The average Bonchev–Trinajstić information content (AvgIpc) is 2.99. The quantitative estimate of drug-likeness (QED) is 0.620. The zero-order valence-electron chi connectivity index (χ0n) is 11.8. The van der Waals surface area contributed by atoms with E-state index in [1.54, 1.807) is 0 Å². The first kappa shape index (κ1) is 13.5. The van der Waals surface area contributed by atoms with Crippen molar-refractivity contribution in [2.75, 3.05) is 0 Å². The molecule has 3 heteroatoms. The van der Waals surface area contributed by atoms with Gasteiger partial charge in [-0.25, -0.2) is 0 Å². The largest absolute Gasteiger partial charge is 0.482 e. The molecule has 0 amide bonds. The predicted molar refractivity (Wildman–Crippen MR) is 90.5 cm³/mol. The van der Waals surface area contributed by atoms with E-state index in [4.69, 9.17) is 4.74 Å². The van der Waals surface area contributed by atoms with Crippen molar-refractivity contribution in [3.63, 3.8) is 0 Å². The van der Waals surface area contributed by atoms with Crippen molar-refractivity contribution in [2.45, 2.75) is 12.5 Å². The normalized spacial score (nSPS) is 16.3. The van der Waals surface area contributed by atoms with E-state index >= 15 is 0 Å². The fraction of sp³-hybridized carbons (Fsp3) is 0.105. The number of halogens is 1. The van der Waals surface area contributed by atoms with Gasteiger partial charge >= 0.3 is 0 Å². The molecule has 1 atom stereocenters. The van der Waals surface area contributed by atoms with Crippen LogP contribution >= 0.6 is 15.9 Å². The minimum atomic E-state index is -0.429. The van der Waals surface area contributed by atoms with Crippen molar-refractivity contribution in [3.05, 3.63) is 76.3 Å². The number of ketones is 1. The van der Waals surface area contributed by atoms with E-state index in [-0.39, 0.29) is 5.78 Å². The first-order chi connectivity index (χ1) is 10.7. The van der Waals surface area contributed by atoms with E-state index in [0.29, 0.717) is 12.0 Å². The van der Waals surface area contributed by atoms with Gasteiger partial charge in [0.1, 0.15) is 5.75 Å². The summed E-state index contributed by atoms with van der Waals surface area (Å²) < 4.78 is 6.86. The summed E-state index contributed by atoms with van der Waals surface area (Å²) in [5.74, 6) is 0.863. The molecule has 3 aromatic carbocycles. The van der Waals surface area contributed by atoms with Crippen LogP contribution in [0.1, 0.15) is 15.9 Å². The monoisotopic (exact) mass is 352 g/mol. The number of ether oxygens (including phenoxy) is 1. The maximum Gasteiger partial charge on any atom is 0.203 e. The molecule has 0 aliphatic carbocycles. The zero-order valence-corrected chi connectivity index (χ0v) is 13.3. The minimum absolute atomic E-state index is 0.0350. The first-order valence-electron chi connectivity index (χ1n) is 7.19. The number of benzene rings is 3. The molecule has 1 unspecified atom stereocenters. The molecule has 22 heavy (non-hydrogen) atoms. The molecule has 0 bridgehead atoms. The molecule has 0 N–H and O–H groups in total. The molecule has 0 spiro atoms. The summed E-state index contributed by atoms with van der Waals surface area (Å²) in [6.45, 7) is 0. The van der Waals surface area contributed by atoms with Crippen molar-refractivity contribution in [1.29, 1.82) is 0 Å². The van der Waals surface area contributed by atoms with Crippen molar-refractivity contribution < 1.29 is 9.53 Å². The topological polar surface area (TPSA) is 26.3 Å². The standard InChI is InChI=1S/C19H13BrO2/c20-14-8-5-13(6-9-14)19(21)18-11-16-15-4-2-1-3-12(15)7-10-17(16)22-18/h1-10,18H,11H2. The molecular formula is C19H13BrO2. The molecule has 0 saturated carbocycles. The van der Waals surface area contributed by atoms with E-state index in [1.165, 1.54) is 10.8 Å². The van der Waals surface area contributed by atoms with Gasteiger partial charge in [-0.3, -0.25) is 4.79 Å². The molecule has 3 aromatic rings. The third kappa shape index (κ3) is 2.22. The Morgan fingerprint density at radius 3 is 2.59 bits per heavy atom. The molecule has 0 radical (unpaired) electrons. The SMILES string of the molecule is O=C(c1ccc(Br)cc1)C1Cc2c(ccc3ccccc23)O1. The van der Waals surface area contributed by atoms with Gasteiger partial charge in [-0.1, -0.05) is 58.4 Å². The van der Waals surface area contributed by atoms with Gasteiger partial charge in [0, 0.05) is 22.0 Å². The van der Waals surface area contributed by atoms with Crippen molar-refractivity contribution >= 4 is 32.5 Å². The van der Waals surface area contributed by atoms with Gasteiger partial charge in [-0.2, -0.15) is 0 Å². The van der Waals surface area contributed by atoms with Gasteiger partial charge in [0.2, 0.25) is 5.78 Å². The van der Waals surface area contributed by atoms with E-state index in [9.17, 15) is 4.79 Å². The summed E-state index contributed by atoms with van der Waals surface area (Å²) in [7, 11) is 0. The van der Waals surface area contributed by atoms with Crippen LogP contribution in [0.2, 0.25) is 0 Å². The molecule has 1 heterocycles. The van der Waals surface area contributed by atoms with Gasteiger partial charge in [-0.05, 0) is 29.0 Å². The summed E-state index contributed by atoms with van der Waals surface area (Å²) in [5.41, 5.74) is 1.82. The van der Waals surface area contributed by atoms with Gasteiger partial charge in [0.05, 0.1) is 0 Å². The van der Waals surface area contributed by atoms with Crippen LogP contribution in [-0.2, 0) is 6.42 Å². The summed E-state index contributed by atoms with van der Waals surface area (Å²) >= 11 is 3.39. The molecule has 1 aliphatic heterocycles. The smallest absolute Gasteiger partial charge is 0.203 e. The number of fused-ring (bicyclic) bond motifs is 3. The van der Waals surface area contributed by atoms with E-state index in [1.807, 2.05) is 48.5 Å². The van der Waals surface area contributed by atoms with Crippen LogP contribution in [0.3, 0.4) is 0 Å². The van der Waals surface area contributed by atoms with Crippen LogP contribution in [0.5, 0.6) is 5.75 Å². The first-order valence-corrected chi connectivity index (χ1v) is 7.99. The number of rotatable bonds is 2. The van der Waals surface area contributed by atoms with Crippen LogP contribution in [0, 0.1) is 0 Å². The van der Waals surface area contributed by atoms with Crippen LogP contribution in [0.4, 0.5) is 0 Å². The van der Waals surface area contributed by atoms with E-state index < -0.39 is 6.10 Å². The second kappa shape index (κ2) is 5.25. The molecule has 2 nitrogen and oxygen atoms in total. The summed E-state index contributed by atoms with van der Waals surface area (Å²) in [4.78, 5) is 12.6. The second-order valence-electron chi connectivity index (χ2n) is 5.45. The molecular weight excluding hydrogens is 340 g/mol. The Morgan fingerprint density at radius 1 is 1.00 bits per heavy atom. The molecule has 0 aromatic heterocycles. The van der Waals surface area contributed by atoms with Crippen molar-refractivity contribution in [3.8, 4) is 5.75 Å². The molecule has 0 saturated heterocycles. The van der Waals surface area contributed by atoms with Crippen molar-refractivity contribution in [2.24, 2.45) is 0 Å². The predicted octanol–water partition coefficient (Wildman–Crippen LogP) is 4.79. The Labute approximate surface area is 136 Å².